The number of benzene rings is 9. The van der Waals surface area contributed by atoms with Gasteiger partial charge in [0, 0.05) is 32.9 Å². The maximum absolute atomic E-state index is 6.70. The first-order chi connectivity index (χ1) is 29.2. The summed E-state index contributed by atoms with van der Waals surface area (Å²) < 4.78 is 18.1. The van der Waals surface area contributed by atoms with Crippen molar-refractivity contribution in [3.63, 3.8) is 0 Å². The van der Waals surface area contributed by atoms with Crippen LogP contribution in [-0.2, 0) is 0 Å². The van der Waals surface area contributed by atoms with Gasteiger partial charge in [0.05, 0.1) is 33.4 Å². The van der Waals surface area contributed by atoms with Gasteiger partial charge in [0.2, 0.25) is 0 Å². The number of fused-ring (bicyclic) bond motifs is 10. The number of ether oxygens (including phenoxy) is 2. The fourth-order valence-electron chi connectivity index (χ4n) is 9.43. The SMILES string of the molecule is c1ccc(-n2c3ccccc3c3cc(-c4ccc5c(c4)Oc4cccc6c4N5c4ccc(-c5ccc7c(c5)c5ccccc5n7-c5ccccc5)cc4O6)ccc32)cc1. The second-order valence-electron chi connectivity index (χ2n) is 15.3. The highest BCUT2D eigenvalue weighted by Crippen LogP contribution is 2.60. The van der Waals surface area contributed by atoms with E-state index in [2.05, 4.69) is 196 Å². The number of hydrogen-bond donors (Lipinski definition) is 0. The van der Waals surface area contributed by atoms with Crippen LogP contribution in [0.15, 0.2) is 200 Å². The minimum Gasteiger partial charge on any atom is -0.453 e. The molecule has 0 N–H and O–H groups in total. The van der Waals surface area contributed by atoms with Crippen LogP contribution >= 0.6 is 0 Å². The van der Waals surface area contributed by atoms with E-state index in [4.69, 9.17) is 9.47 Å². The van der Waals surface area contributed by atoms with E-state index in [0.717, 1.165) is 73.7 Å². The molecule has 0 bridgehead atoms. The van der Waals surface area contributed by atoms with Crippen LogP contribution in [0.1, 0.15) is 0 Å². The average Bonchev–Trinajstić information content (AvgIpc) is 3.81. The third kappa shape index (κ3) is 4.73. The predicted octanol–water partition coefficient (Wildman–Crippen LogP) is 14.9. The Balaban J connectivity index is 0.906. The van der Waals surface area contributed by atoms with Crippen LogP contribution in [0.2, 0.25) is 0 Å². The van der Waals surface area contributed by atoms with Crippen molar-refractivity contribution >= 4 is 60.7 Å². The number of aromatic nitrogens is 2. The largest absolute Gasteiger partial charge is 0.453 e. The predicted molar refractivity (Wildman–Crippen MR) is 241 cm³/mol. The summed E-state index contributed by atoms with van der Waals surface area (Å²) in [6.07, 6.45) is 0. The van der Waals surface area contributed by atoms with Gasteiger partial charge in [0.25, 0.3) is 0 Å². The number of para-hydroxylation sites is 5. The molecule has 276 valence electrons. The lowest BCUT2D eigenvalue weighted by molar-refractivity contribution is 0.446. The first kappa shape index (κ1) is 32.1. The maximum Gasteiger partial charge on any atom is 0.155 e. The summed E-state index contributed by atoms with van der Waals surface area (Å²) in [6, 6.07) is 71.2. The molecule has 4 heterocycles. The molecule has 2 aliphatic rings. The fourth-order valence-corrected chi connectivity index (χ4v) is 9.43. The number of anilines is 3. The third-order valence-electron chi connectivity index (χ3n) is 12.1. The van der Waals surface area contributed by atoms with Crippen molar-refractivity contribution in [2.45, 2.75) is 0 Å². The van der Waals surface area contributed by atoms with Crippen molar-refractivity contribution in [1.29, 1.82) is 0 Å². The molecule has 5 nitrogen and oxygen atoms in total. The van der Waals surface area contributed by atoms with E-state index in [9.17, 15) is 0 Å². The van der Waals surface area contributed by atoms with Gasteiger partial charge in [-0.2, -0.15) is 0 Å². The van der Waals surface area contributed by atoms with Crippen molar-refractivity contribution in [2.24, 2.45) is 0 Å². The molecule has 2 aromatic heterocycles. The summed E-state index contributed by atoms with van der Waals surface area (Å²) in [5, 5.41) is 4.89. The topological polar surface area (TPSA) is 31.6 Å². The normalized spacial score (nSPS) is 12.6. The minimum atomic E-state index is 0.767. The number of rotatable bonds is 4. The van der Waals surface area contributed by atoms with E-state index in [1.807, 2.05) is 18.2 Å². The van der Waals surface area contributed by atoms with Crippen LogP contribution < -0.4 is 14.4 Å². The number of nitrogens with zero attached hydrogens (tertiary/aromatic N) is 3. The molecule has 0 fully saturated rings. The molecule has 0 unspecified atom stereocenters. The highest BCUT2D eigenvalue weighted by atomic mass is 16.5. The zero-order valence-corrected chi connectivity index (χ0v) is 31.7. The lowest BCUT2D eigenvalue weighted by Gasteiger charge is -2.38. The van der Waals surface area contributed by atoms with Gasteiger partial charge in [0.15, 0.2) is 23.0 Å². The first-order valence-corrected chi connectivity index (χ1v) is 20.0. The summed E-state index contributed by atoms with van der Waals surface area (Å²) in [5.41, 5.74) is 14.4. The molecule has 0 spiro atoms. The Hall–Kier alpha value is -8.02. The molecule has 5 heteroatoms. The smallest absolute Gasteiger partial charge is 0.155 e. The Kier molecular flexibility index (Phi) is 6.66. The first-order valence-electron chi connectivity index (χ1n) is 20.0. The second-order valence-corrected chi connectivity index (χ2v) is 15.3. The second kappa shape index (κ2) is 12.2. The van der Waals surface area contributed by atoms with E-state index in [1.165, 1.54) is 43.6 Å². The van der Waals surface area contributed by atoms with E-state index in [0.29, 0.717) is 0 Å². The average molecular weight is 756 g/mol. The van der Waals surface area contributed by atoms with Crippen LogP contribution in [-0.4, -0.2) is 9.13 Å². The van der Waals surface area contributed by atoms with Gasteiger partial charge < -0.3 is 18.6 Å². The molecule has 2 aliphatic heterocycles. The highest BCUT2D eigenvalue weighted by molar-refractivity contribution is 6.12. The summed E-state index contributed by atoms with van der Waals surface area (Å²) in [7, 11) is 0. The van der Waals surface area contributed by atoms with Gasteiger partial charge >= 0.3 is 0 Å². The molecule has 0 saturated heterocycles. The van der Waals surface area contributed by atoms with E-state index >= 15 is 0 Å². The van der Waals surface area contributed by atoms with E-state index < -0.39 is 0 Å². The molecule has 59 heavy (non-hydrogen) atoms. The van der Waals surface area contributed by atoms with Crippen LogP contribution in [0.3, 0.4) is 0 Å². The summed E-state index contributed by atoms with van der Waals surface area (Å²) in [6.45, 7) is 0. The van der Waals surface area contributed by atoms with Crippen molar-refractivity contribution in [3.8, 4) is 56.6 Å². The fraction of sp³-hybridized carbons (Fsp3) is 0. The van der Waals surface area contributed by atoms with Crippen molar-refractivity contribution < 1.29 is 9.47 Å². The zero-order valence-electron chi connectivity index (χ0n) is 31.7. The molecular weight excluding hydrogens is 723 g/mol. The molecule has 0 atom stereocenters. The molecule has 0 aliphatic carbocycles. The van der Waals surface area contributed by atoms with Gasteiger partial charge in [-0.05, 0) is 119 Å². The maximum atomic E-state index is 6.70. The molecule has 11 aromatic rings. The molecule has 13 rings (SSSR count). The van der Waals surface area contributed by atoms with Crippen LogP contribution in [0, 0.1) is 0 Å². The highest BCUT2D eigenvalue weighted by Gasteiger charge is 2.35. The zero-order chi connectivity index (χ0) is 38.6. The van der Waals surface area contributed by atoms with E-state index in [-0.39, 0.29) is 0 Å². The quantitative estimate of drug-likeness (QED) is 0.179. The Morgan fingerprint density at radius 3 is 1.19 bits per heavy atom. The van der Waals surface area contributed by atoms with Crippen molar-refractivity contribution in [2.75, 3.05) is 4.90 Å². The van der Waals surface area contributed by atoms with Gasteiger partial charge in [0.1, 0.15) is 5.69 Å². The van der Waals surface area contributed by atoms with Crippen molar-refractivity contribution in [1.82, 2.24) is 9.13 Å². The van der Waals surface area contributed by atoms with Crippen molar-refractivity contribution in [3.05, 3.63) is 200 Å². The lowest BCUT2D eigenvalue weighted by Crippen LogP contribution is -2.20. The molecular formula is C54H33N3O2. The Bertz CT molecular complexity index is 3280. The molecule has 0 saturated carbocycles. The third-order valence-corrected chi connectivity index (χ3v) is 12.1. The minimum absolute atomic E-state index is 0.767. The monoisotopic (exact) mass is 755 g/mol. The molecule has 0 radical (unpaired) electrons. The molecule has 0 amide bonds. The lowest BCUT2D eigenvalue weighted by atomic mass is 9.99. The van der Waals surface area contributed by atoms with Crippen LogP contribution in [0.4, 0.5) is 17.1 Å². The Morgan fingerprint density at radius 1 is 0.288 bits per heavy atom. The summed E-state index contributed by atoms with van der Waals surface area (Å²) in [4.78, 5) is 2.29. The van der Waals surface area contributed by atoms with Crippen LogP contribution in [0.25, 0.3) is 77.2 Å². The van der Waals surface area contributed by atoms with Gasteiger partial charge in [-0.25, -0.2) is 0 Å². The van der Waals surface area contributed by atoms with Gasteiger partial charge in [-0.3, -0.25) is 4.90 Å². The summed E-state index contributed by atoms with van der Waals surface area (Å²) >= 11 is 0. The van der Waals surface area contributed by atoms with Gasteiger partial charge in [-0.1, -0.05) is 103 Å². The van der Waals surface area contributed by atoms with Crippen LogP contribution in [0.5, 0.6) is 23.0 Å². The number of hydrogen-bond acceptors (Lipinski definition) is 3. The molecule has 9 aromatic carbocycles. The Morgan fingerprint density at radius 2 is 0.695 bits per heavy atom. The standard InChI is InChI=1S/C54H33N3O2/c1-3-12-38(13-4-1)55-44-18-9-7-16-40(44)42-30-34(22-26-46(42)55)36-24-28-48-52(32-36)58-50-20-11-21-51-54(50)57(48)49-29-25-37(33-53(49)59-51)35-23-27-47-43(31-35)41-17-8-10-19-45(41)56(47)39-14-5-2-6-15-39/h1-33H. The summed E-state index contributed by atoms with van der Waals surface area (Å²) in [5.74, 6) is 3.14. The van der Waals surface area contributed by atoms with E-state index in [1.54, 1.807) is 0 Å². The Labute approximate surface area is 339 Å². The van der Waals surface area contributed by atoms with Gasteiger partial charge in [-0.15, -0.1) is 0 Å².